The van der Waals surface area contributed by atoms with E-state index in [0.717, 1.165) is 0 Å². The van der Waals surface area contributed by atoms with Gasteiger partial charge in [0.05, 0.1) is 5.56 Å². The first-order valence-electron chi connectivity index (χ1n) is 6.33. The van der Waals surface area contributed by atoms with Gasteiger partial charge >= 0.3 is 0 Å². The molecule has 0 saturated carbocycles. The van der Waals surface area contributed by atoms with Crippen LogP contribution in [0.2, 0.25) is 0 Å². The van der Waals surface area contributed by atoms with Crippen LogP contribution >= 0.6 is 0 Å². The van der Waals surface area contributed by atoms with Crippen molar-refractivity contribution >= 4 is 11.6 Å². The lowest BCUT2D eigenvalue weighted by Gasteiger charge is -2.22. The molecule has 0 radical (unpaired) electrons. The van der Waals surface area contributed by atoms with Crippen LogP contribution in [0.15, 0.2) is 29.1 Å². The molecule has 1 aliphatic carbocycles. The summed E-state index contributed by atoms with van der Waals surface area (Å²) >= 11 is 0. The van der Waals surface area contributed by atoms with Gasteiger partial charge in [-0.05, 0) is 13.8 Å². The van der Waals surface area contributed by atoms with Gasteiger partial charge in [-0.3, -0.25) is 14.4 Å². The van der Waals surface area contributed by atoms with E-state index in [1.54, 1.807) is 45.2 Å². The largest absolute Gasteiger partial charge is 0.315 e. The molecule has 100 valence electrons. The predicted octanol–water partition coefficient (Wildman–Crippen LogP) is 1.78. The predicted molar refractivity (Wildman–Crippen MR) is 74.5 cm³/mol. The van der Waals surface area contributed by atoms with E-state index in [0.29, 0.717) is 27.9 Å². The summed E-state index contributed by atoms with van der Waals surface area (Å²) in [4.78, 5) is 37.3. The summed E-state index contributed by atoms with van der Waals surface area (Å²) < 4.78 is 1.42. The fraction of sp³-hybridized carbons (Fsp3) is 0.188. The summed E-state index contributed by atoms with van der Waals surface area (Å²) in [6, 6.07) is 6.74. The number of pyridine rings is 1. The Hall–Kier alpha value is -2.49. The number of fused-ring (bicyclic) bond motifs is 2. The molecule has 0 amide bonds. The van der Waals surface area contributed by atoms with Crippen LogP contribution in [0, 0.1) is 13.8 Å². The monoisotopic (exact) mass is 267 g/mol. The molecule has 1 aliphatic rings. The molecule has 0 bridgehead atoms. The molecule has 0 atom stereocenters. The van der Waals surface area contributed by atoms with E-state index >= 15 is 0 Å². The topological polar surface area (TPSA) is 56.1 Å². The van der Waals surface area contributed by atoms with Gasteiger partial charge in [0.15, 0.2) is 11.6 Å². The summed E-state index contributed by atoms with van der Waals surface area (Å²) in [5.74, 6) is -0.431. The van der Waals surface area contributed by atoms with Crippen molar-refractivity contribution in [2.24, 2.45) is 7.05 Å². The molecule has 3 rings (SSSR count). The first-order chi connectivity index (χ1) is 9.45. The van der Waals surface area contributed by atoms with Crippen molar-refractivity contribution in [1.82, 2.24) is 4.57 Å². The Morgan fingerprint density at radius 1 is 0.850 bits per heavy atom. The van der Waals surface area contributed by atoms with Gasteiger partial charge in [0.1, 0.15) is 0 Å². The molecular weight excluding hydrogens is 254 g/mol. The number of nitrogens with zero attached hydrogens (tertiary/aromatic N) is 1. The molecule has 4 heteroatoms. The third-order valence-corrected chi connectivity index (χ3v) is 3.99. The average Bonchev–Trinajstić information content (AvgIpc) is 2.46. The summed E-state index contributed by atoms with van der Waals surface area (Å²) in [6.07, 6.45) is 0. The van der Waals surface area contributed by atoms with Gasteiger partial charge in [0, 0.05) is 35.0 Å². The van der Waals surface area contributed by atoms with Crippen LogP contribution in [0.5, 0.6) is 0 Å². The van der Waals surface area contributed by atoms with Gasteiger partial charge < -0.3 is 4.57 Å². The Morgan fingerprint density at radius 2 is 1.35 bits per heavy atom. The van der Waals surface area contributed by atoms with E-state index in [4.69, 9.17) is 0 Å². The minimum atomic E-state index is -0.242. The summed E-state index contributed by atoms with van der Waals surface area (Å²) in [7, 11) is 1.61. The molecule has 2 aromatic rings. The van der Waals surface area contributed by atoms with Crippen LogP contribution in [0.1, 0.15) is 43.1 Å². The van der Waals surface area contributed by atoms with E-state index in [1.807, 2.05) is 0 Å². The molecule has 0 spiro atoms. The molecule has 1 aromatic heterocycles. The minimum Gasteiger partial charge on any atom is -0.315 e. The van der Waals surface area contributed by atoms with E-state index in [-0.39, 0.29) is 22.7 Å². The first-order valence-corrected chi connectivity index (χ1v) is 6.33. The third-order valence-electron chi connectivity index (χ3n) is 3.99. The fourth-order valence-corrected chi connectivity index (χ4v) is 2.76. The summed E-state index contributed by atoms with van der Waals surface area (Å²) in [6.45, 7) is 3.29. The van der Waals surface area contributed by atoms with E-state index in [9.17, 15) is 14.4 Å². The highest BCUT2D eigenvalue weighted by Crippen LogP contribution is 2.29. The normalized spacial score (nSPS) is 13.2. The highest BCUT2D eigenvalue weighted by Gasteiger charge is 2.33. The van der Waals surface area contributed by atoms with Gasteiger partial charge in [-0.15, -0.1) is 0 Å². The minimum absolute atomic E-state index is 0.189. The molecule has 0 saturated heterocycles. The number of carbonyl (C=O) groups is 2. The number of aromatic nitrogens is 1. The maximum Gasteiger partial charge on any atom is 0.254 e. The van der Waals surface area contributed by atoms with Gasteiger partial charge in [0.25, 0.3) is 5.56 Å². The maximum absolute atomic E-state index is 12.6. The summed E-state index contributed by atoms with van der Waals surface area (Å²) in [5, 5.41) is 0. The van der Waals surface area contributed by atoms with Crippen LogP contribution in [-0.2, 0) is 7.05 Å². The highest BCUT2D eigenvalue weighted by atomic mass is 16.1. The zero-order valence-electron chi connectivity index (χ0n) is 11.5. The van der Waals surface area contributed by atoms with Crippen LogP contribution in [0.4, 0.5) is 0 Å². The molecule has 0 fully saturated rings. The van der Waals surface area contributed by atoms with E-state index in [2.05, 4.69) is 0 Å². The molecule has 20 heavy (non-hydrogen) atoms. The van der Waals surface area contributed by atoms with E-state index < -0.39 is 0 Å². The second-order valence-electron chi connectivity index (χ2n) is 5.03. The Bertz CT molecular complexity index is 844. The number of carbonyl (C=O) groups excluding carboxylic acids is 2. The number of hydrogen-bond donors (Lipinski definition) is 0. The van der Waals surface area contributed by atoms with Gasteiger partial charge in [0.2, 0.25) is 0 Å². The van der Waals surface area contributed by atoms with Crippen LogP contribution in [0.25, 0.3) is 0 Å². The van der Waals surface area contributed by atoms with Gasteiger partial charge in [-0.25, -0.2) is 0 Å². The quantitative estimate of drug-likeness (QED) is 0.624. The SMILES string of the molecule is Cc1c2c(c(C)n(C)c1=O)C(=O)c1ccccc1C2=O. The zero-order valence-corrected chi connectivity index (χ0v) is 11.5. The van der Waals surface area contributed by atoms with Crippen molar-refractivity contribution in [3.8, 4) is 0 Å². The number of ketones is 2. The average molecular weight is 267 g/mol. The van der Waals surface area contributed by atoms with Gasteiger partial charge in [-0.2, -0.15) is 0 Å². The Kier molecular flexibility index (Phi) is 2.51. The van der Waals surface area contributed by atoms with Crippen LogP contribution < -0.4 is 5.56 Å². The molecule has 0 unspecified atom stereocenters. The van der Waals surface area contributed by atoms with Crippen molar-refractivity contribution in [3.63, 3.8) is 0 Å². The van der Waals surface area contributed by atoms with Gasteiger partial charge in [-0.1, -0.05) is 24.3 Å². The lowest BCUT2D eigenvalue weighted by molar-refractivity contribution is 0.0977. The third kappa shape index (κ3) is 1.39. The standard InChI is InChI=1S/C16H13NO3/c1-8-12-13(9(2)17(3)16(8)20)15(19)11-7-5-4-6-10(11)14(12)18/h4-7H,1-3H3. The second-order valence-corrected chi connectivity index (χ2v) is 5.03. The van der Waals surface area contributed by atoms with Crippen LogP contribution in [0.3, 0.4) is 0 Å². The lowest BCUT2D eigenvalue weighted by Crippen LogP contribution is -2.32. The number of benzene rings is 1. The molecule has 0 aliphatic heterocycles. The number of rotatable bonds is 0. The van der Waals surface area contributed by atoms with Crippen molar-refractivity contribution in [1.29, 1.82) is 0 Å². The zero-order chi connectivity index (χ0) is 14.6. The second kappa shape index (κ2) is 4.00. The smallest absolute Gasteiger partial charge is 0.254 e. The first kappa shape index (κ1) is 12.5. The molecule has 4 nitrogen and oxygen atoms in total. The Labute approximate surface area is 115 Å². The number of hydrogen-bond acceptors (Lipinski definition) is 3. The van der Waals surface area contributed by atoms with Crippen molar-refractivity contribution in [3.05, 3.63) is 68.1 Å². The molecule has 1 heterocycles. The Balaban J connectivity index is 2.49. The molecule has 1 aromatic carbocycles. The van der Waals surface area contributed by atoms with Crippen LogP contribution in [-0.4, -0.2) is 16.1 Å². The van der Waals surface area contributed by atoms with Crippen molar-refractivity contribution in [2.75, 3.05) is 0 Å². The van der Waals surface area contributed by atoms with Crippen molar-refractivity contribution in [2.45, 2.75) is 13.8 Å². The van der Waals surface area contributed by atoms with Crippen molar-refractivity contribution < 1.29 is 9.59 Å². The Morgan fingerprint density at radius 3 is 1.90 bits per heavy atom. The fourth-order valence-electron chi connectivity index (χ4n) is 2.76. The summed E-state index contributed by atoms with van der Waals surface area (Å²) in [5.41, 5.74) is 2.03. The lowest BCUT2D eigenvalue weighted by atomic mass is 9.82. The molecule has 0 N–H and O–H groups in total. The van der Waals surface area contributed by atoms with E-state index in [1.165, 1.54) is 4.57 Å². The highest BCUT2D eigenvalue weighted by molar-refractivity contribution is 6.29. The maximum atomic E-state index is 12.6. The molecular formula is C16H13NO3.